The van der Waals surface area contributed by atoms with E-state index in [1.807, 2.05) is 5.38 Å². The van der Waals surface area contributed by atoms with Crippen molar-refractivity contribution in [3.63, 3.8) is 0 Å². The van der Waals surface area contributed by atoms with Gasteiger partial charge in [-0.1, -0.05) is 0 Å². The number of H-pyrrole nitrogens is 1. The number of hydrogen-bond acceptors (Lipinski definition) is 4. The summed E-state index contributed by atoms with van der Waals surface area (Å²) in [5, 5.41) is 8.46. The normalized spacial score (nSPS) is 10.1. The fraction of sp³-hybridized carbons (Fsp3) is 0.111. The molecule has 0 atom stereocenters. The molecule has 0 saturated carbocycles. The molecule has 2 aromatic rings. The van der Waals surface area contributed by atoms with Gasteiger partial charge < -0.3 is 4.74 Å². The molecule has 0 aromatic carbocycles. The Labute approximate surface area is 84.5 Å². The van der Waals surface area contributed by atoms with Crippen molar-refractivity contribution in [3.05, 3.63) is 28.7 Å². The second-order valence-corrected chi connectivity index (χ2v) is 3.59. The molecule has 4 nitrogen and oxygen atoms in total. The summed E-state index contributed by atoms with van der Waals surface area (Å²) in [6.07, 6.45) is 3.49. The number of nitrogens with one attached hydrogen (secondary N) is 1. The molecule has 0 saturated heterocycles. The van der Waals surface area contributed by atoms with Gasteiger partial charge in [-0.15, -0.1) is 11.3 Å². The van der Waals surface area contributed by atoms with Crippen LogP contribution in [0.25, 0.3) is 11.1 Å². The summed E-state index contributed by atoms with van der Waals surface area (Å²) < 4.78 is 4.61. The van der Waals surface area contributed by atoms with Gasteiger partial charge >= 0.3 is 5.97 Å². The summed E-state index contributed by atoms with van der Waals surface area (Å²) in [5.74, 6) is -0.301. The molecule has 0 aliphatic heterocycles. The number of nitrogens with zero attached hydrogens (tertiary/aromatic N) is 1. The quantitative estimate of drug-likeness (QED) is 0.767. The summed E-state index contributed by atoms with van der Waals surface area (Å²) >= 11 is 1.36. The van der Waals surface area contributed by atoms with E-state index in [4.69, 9.17) is 0 Å². The van der Waals surface area contributed by atoms with E-state index in [1.54, 1.807) is 18.5 Å². The van der Waals surface area contributed by atoms with Gasteiger partial charge in [-0.25, -0.2) is 4.79 Å². The molecule has 0 unspecified atom stereocenters. The molecule has 72 valence electrons. The van der Waals surface area contributed by atoms with Gasteiger partial charge in [0.05, 0.1) is 13.3 Å². The second-order valence-electron chi connectivity index (χ2n) is 2.68. The number of ether oxygens (including phenoxy) is 1. The molecule has 2 aromatic heterocycles. The fourth-order valence-corrected chi connectivity index (χ4v) is 1.94. The largest absolute Gasteiger partial charge is 0.465 e. The Kier molecular flexibility index (Phi) is 2.32. The van der Waals surface area contributed by atoms with Crippen molar-refractivity contribution in [2.45, 2.75) is 0 Å². The third-order valence-electron chi connectivity index (χ3n) is 1.82. The van der Waals surface area contributed by atoms with E-state index in [0.717, 1.165) is 11.1 Å². The summed E-state index contributed by atoms with van der Waals surface area (Å²) in [5.41, 5.74) is 1.94. The molecule has 0 fully saturated rings. The van der Waals surface area contributed by atoms with E-state index in [2.05, 4.69) is 14.9 Å². The van der Waals surface area contributed by atoms with Gasteiger partial charge in [-0.3, -0.25) is 5.10 Å². The maximum atomic E-state index is 11.2. The summed E-state index contributed by atoms with van der Waals surface area (Å²) in [6.45, 7) is 0. The van der Waals surface area contributed by atoms with Crippen molar-refractivity contribution in [3.8, 4) is 11.1 Å². The molecule has 0 aliphatic rings. The number of methoxy groups -OCH3 is 1. The molecule has 0 spiro atoms. The number of esters is 1. The lowest BCUT2D eigenvalue weighted by Crippen LogP contribution is -1.96. The molecule has 0 amide bonds. The highest BCUT2D eigenvalue weighted by Gasteiger charge is 2.09. The average Bonchev–Trinajstić information content (AvgIpc) is 2.86. The third kappa shape index (κ3) is 1.54. The monoisotopic (exact) mass is 208 g/mol. The minimum absolute atomic E-state index is 0.301. The molecule has 14 heavy (non-hydrogen) atoms. The smallest absolute Gasteiger partial charge is 0.348 e. The van der Waals surface area contributed by atoms with Crippen molar-refractivity contribution in [1.82, 2.24) is 10.2 Å². The maximum Gasteiger partial charge on any atom is 0.348 e. The van der Waals surface area contributed by atoms with Crippen LogP contribution in [0, 0.1) is 0 Å². The van der Waals surface area contributed by atoms with Crippen LogP contribution in [0.5, 0.6) is 0 Å². The standard InChI is InChI=1S/C9H8N2O2S/c1-13-9(12)8-2-6(5-14-8)7-3-10-11-4-7/h2-5H,1H3,(H,10,11). The number of carbonyl (C=O) groups excluding carboxylic acids is 1. The second kappa shape index (κ2) is 3.63. The molecule has 0 bridgehead atoms. The Morgan fingerprint density at radius 3 is 3.07 bits per heavy atom. The van der Waals surface area contributed by atoms with Crippen LogP contribution in [0.4, 0.5) is 0 Å². The molecule has 0 aliphatic carbocycles. The fourth-order valence-electron chi connectivity index (χ4n) is 1.10. The predicted molar refractivity (Wildman–Crippen MR) is 53.2 cm³/mol. The molecule has 5 heteroatoms. The van der Waals surface area contributed by atoms with Gasteiger partial charge in [0.15, 0.2) is 0 Å². The van der Waals surface area contributed by atoms with Gasteiger partial charge in [-0.05, 0) is 17.0 Å². The van der Waals surface area contributed by atoms with Crippen molar-refractivity contribution in [2.75, 3.05) is 7.11 Å². The first-order valence-corrected chi connectivity index (χ1v) is 4.85. The zero-order valence-corrected chi connectivity index (χ0v) is 8.30. The first-order chi connectivity index (χ1) is 6.81. The van der Waals surface area contributed by atoms with Crippen molar-refractivity contribution in [1.29, 1.82) is 0 Å². The number of carbonyl (C=O) groups is 1. The lowest BCUT2D eigenvalue weighted by atomic mass is 10.2. The highest BCUT2D eigenvalue weighted by molar-refractivity contribution is 7.12. The van der Waals surface area contributed by atoms with Crippen LogP contribution in [-0.4, -0.2) is 23.3 Å². The Morgan fingerprint density at radius 2 is 2.43 bits per heavy atom. The molecule has 1 N–H and O–H groups in total. The van der Waals surface area contributed by atoms with Gasteiger partial charge in [-0.2, -0.15) is 5.10 Å². The SMILES string of the molecule is COC(=O)c1cc(-c2cn[nH]c2)cs1. The van der Waals surface area contributed by atoms with Gasteiger partial charge in [0.25, 0.3) is 0 Å². The van der Waals surface area contributed by atoms with E-state index in [0.29, 0.717) is 4.88 Å². The topological polar surface area (TPSA) is 55.0 Å². The summed E-state index contributed by atoms with van der Waals surface area (Å²) in [7, 11) is 1.37. The van der Waals surface area contributed by atoms with Crippen LogP contribution in [0.15, 0.2) is 23.8 Å². The lowest BCUT2D eigenvalue weighted by molar-refractivity contribution is 0.0606. The van der Waals surface area contributed by atoms with Crippen LogP contribution < -0.4 is 0 Å². The molecular weight excluding hydrogens is 200 g/mol. The predicted octanol–water partition coefficient (Wildman–Crippen LogP) is 1.92. The molecule has 2 heterocycles. The first-order valence-electron chi connectivity index (χ1n) is 3.97. The Balaban J connectivity index is 2.31. The van der Waals surface area contributed by atoms with E-state index < -0.39 is 0 Å². The Morgan fingerprint density at radius 1 is 1.57 bits per heavy atom. The van der Waals surface area contributed by atoms with Crippen molar-refractivity contribution < 1.29 is 9.53 Å². The number of rotatable bonds is 2. The summed E-state index contributed by atoms with van der Waals surface area (Å²) in [6, 6.07) is 1.79. The summed E-state index contributed by atoms with van der Waals surface area (Å²) in [4.78, 5) is 11.8. The van der Waals surface area contributed by atoms with Gasteiger partial charge in [0.2, 0.25) is 0 Å². The number of aromatic amines is 1. The van der Waals surface area contributed by atoms with Crippen molar-refractivity contribution in [2.24, 2.45) is 0 Å². The molecule has 2 rings (SSSR count). The molecular formula is C9H8N2O2S. The van der Waals surface area contributed by atoms with E-state index in [1.165, 1.54) is 18.4 Å². The molecule has 0 radical (unpaired) electrons. The van der Waals surface area contributed by atoms with E-state index in [9.17, 15) is 4.79 Å². The van der Waals surface area contributed by atoms with Crippen LogP contribution in [0.3, 0.4) is 0 Å². The number of aromatic nitrogens is 2. The Hall–Kier alpha value is -1.62. The van der Waals surface area contributed by atoms with Gasteiger partial charge in [0, 0.05) is 11.8 Å². The zero-order chi connectivity index (χ0) is 9.97. The zero-order valence-electron chi connectivity index (χ0n) is 7.48. The minimum atomic E-state index is -0.301. The van der Waals surface area contributed by atoms with Crippen LogP contribution in [0.1, 0.15) is 9.67 Å². The van der Waals surface area contributed by atoms with E-state index in [-0.39, 0.29) is 5.97 Å². The minimum Gasteiger partial charge on any atom is -0.465 e. The average molecular weight is 208 g/mol. The maximum absolute atomic E-state index is 11.2. The lowest BCUT2D eigenvalue weighted by Gasteiger charge is -1.91. The van der Waals surface area contributed by atoms with Crippen molar-refractivity contribution >= 4 is 17.3 Å². The first kappa shape index (κ1) is 8.96. The number of hydrogen-bond donors (Lipinski definition) is 1. The van der Waals surface area contributed by atoms with Crippen LogP contribution >= 0.6 is 11.3 Å². The number of thiophene rings is 1. The Bertz CT molecular complexity index is 433. The van der Waals surface area contributed by atoms with E-state index >= 15 is 0 Å². The van der Waals surface area contributed by atoms with Crippen LogP contribution in [0.2, 0.25) is 0 Å². The van der Waals surface area contributed by atoms with Gasteiger partial charge in [0.1, 0.15) is 4.88 Å². The highest BCUT2D eigenvalue weighted by Crippen LogP contribution is 2.24. The van der Waals surface area contributed by atoms with Crippen LogP contribution in [-0.2, 0) is 4.74 Å². The highest BCUT2D eigenvalue weighted by atomic mass is 32.1. The third-order valence-corrected chi connectivity index (χ3v) is 2.73.